The monoisotopic (exact) mass is 242 g/mol. The van der Waals surface area contributed by atoms with Crippen LogP contribution < -0.4 is 0 Å². The van der Waals surface area contributed by atoms with Crippen LogP contribution in [0.15, 0.2) is 0 Å². The lowest BCUT2D eigenvalue weighted by Crippen LogP contribution is -2.53. The Morgan fingerprint density at radius 1 is 1.24 bits per heavy atom. The largest absolute Gasteiger partial charge is 0.469 e. The first-order valence-electron chi connectivity index (χ1n) is 5.70. The molecule has 0 N–H and O–H groups in total. The van der Waals surface area contributed by atoms with Crippen LogP contribution in [0.1, 0.15) is 19.8 Å². The first-order chi connectivity index (χ1) is 8.08. The smallest absolute Gasteiger partial charge is 0.305 e. The van der Waals surface area contributed by atoms with Crippen molar-refractivity contribution in [1.29, 1.82) is 0 Å². The number of piperazine rings is 1. The molecule has 0 radical (unpaired) electrons. The van der Waals surface area contributed by atoms with Crippen molar-refractivity contribution >= 4 is 17.8 Å². The minimum Gasteiger partial charge on any atom is -0.469 e. The molecular formula is C11H18N2O4. The zero-order valence-corrected chi connectivity index (χ0v) is 10.3. The Labute approximate surface area is 101 Å². The minimum absolute atomic E-state index is 0.0369. The van der Waals surface area contributed by atoms with Gasteiger partial charge in [0.25, 0.3) is 0 Å². The third kappa shape index (κ3) is 3.72. The second kappa shape index (κ2) is 6.22. The third-order valence-corrected chi connectivity index (χ3v) is 2.78. The van der Waals surface area contributed by atoms with Crippen molar-refractivity contribution in [2.45, 2.75) is 19.8 Å². The van der Waals surface area contributed by atoms with E-state index < -0.39 is 0 Å². The lowest BCUT2D eigenvalue weighted by Gasteiger charge is -2.33. The summed E-state index contributed by atoms with van der Waals surface area (Å²) in [5.74, 6) is -0.391. The molecule has 1 fully saturated rings. The lowest BCUT2D eigenvalue weighted by molar-refractivity contribution is -0.150. The van der Waals surface area contributed by atoms with Gasteiger partial charge in [-0.05, 0) is 13.3 Å². The van der Waals surface area contributed by atoms with Crippen molar-refractivity contribution in [2.75, 3.05) is 33.3 Å². The van der Waals surface area contributed by atoms with E-state index in [1.165, 1.54) is 16.9 Å². The van der Waals surface area contributed by atoms with Crippen molar-refractivity contribution < 1.29 is 19.1 Å². The summed E-state index contributed by atoms with van der Waals surface area (Å²) in [5, 5.41) is 0. The van der Waals surface area contributed by atoms with Crippen LogP contribution in [0.25, 0.3) is 0 Å². The fraction of sp³-hybridized carbons (Fsp3) is 0.727. The SMILES string of the molecule is CCN1CC(=O)N(CCCC(=O)OC)CC1=O. The summed E-state index contributed by atoms with van der Waals surface area (Å²) in [4.78, 5) is 37.2. The Morgan fingerprint density at radius 3 is 2.41 bits per heavy atom. The highest BCUT2D eigenvalue weighted by Gasteiger charge is 2.28. The molecule has 0 atom stereocenters. The van der Waals surface area contributed by atoms with Crippen LogP contribution in [-0.4, -0.2) is 60.9 Å². The van der Waals surface area contributed by atoms with Gasteiger partial charge in [0.2, 0.25) is 11.8 Å². The molecule has 6 nitrogen and oxygen atoms in total. The van der Waals surface area contributed by atoms with Gasteiger partial charge in [-0.2, -0.15) is 0 Å². The topological polar surface area (TPSA) is 66.9 Å². The van der Waals surface area contributed by atoms with E-state index in [2.05, 4.69) is 4.74 Å². The third-order valence-electron chi connectivity index (χ3n) is 2.78. The van der Waals surface area contributed by atoms with E-state index in [1.54, 1.807) is 0 Å². The van der Waals surface area contributed by atoms with Crippen LogP contribution in [0.2, 0.25) is 0 Å². The average Bonchev–Trinajstić information content (AvgIpc) is 2.32. The molecule has 17 heavy (non-hydrogen) atoms. The number of methoxy groups -OCH3 is 1. The quantitative estimate of drug-likeness (QED) is 0.617. The molecule has 1 saturated heterocycles. The summed E-state index contributed by atoms with van der Waals surface area (Å²) in [6.07, 6.45) is 0.795. The summed E-state index contributed by atoms with van der Waals surface area (Å²) >= 11 is 0. The Morgan fingerprint density at radius 2 is 1.82 bits per heavy atom. The molecular weight excluding hydrogens is 224 g/mol. The Bertz CT molecular complexity index is 317. The van der Waals surface area contributed by atoms with Gasteiger partial charge in [-0.15, -0.1) is 0 Å². The molecule has 1 aliphatic rings. The molecule has 1 heterocycles. The predicted molar refractivity (Wildman–Crippen MR) is 60.1 cm³/mol. The van der Waals surface area contributed by atoms with E-state index in [0.717, 1.165) is 0 Å². The fourth-order valence-electron chi connectivity index (χ4n) is 1.71. The van der Waals surface area contributed by atoms with Crippen molar-refractivity contribution in [1.82, 2.24) is 9.80 Å². The first kappa shape index (κ1) is 13.5. The van der Waals surface area contributed by atoms with E-state index in [1.807, 2.05) is 6.92 Å². The highest BCUT2D eigenvalue weighted by molar-refractivity contribution is 5.92. The lowest BCUT2D eigenvalue weighted by atomic mass is 10.2. The van der Waals surface area contributed by atoms with Crippen molar-refractivity contribution in [3.63, 3.8) is 0 Å². The van der Waals surface area contributed by atoms with Gasteiger partial charge in [0.05, 0.1) is 20.2 Å². The first-order valence-corrected chi connectivity index (χ1v) is 5.70. The Hall–Kier alpha value is -1.59. The molecule has 2 amide bonds. The molecule has 0 aromatic carbocycles. The van der Waals surface area contributed by atoms with Crippen LogP contribution >= 0.6 is 0 Å². The number of ether oxygens (including phenoxy) is 1. The van der Waals surface area contributed by atoms with E-state index in [4.69, 9.17) is 0 Å². The number of carbonyl (C=O) groups is 3. The molecule has 0 saturated carbocycles. The van der Waals surface area contributed by atoms with Gasteiger partial charge in [0, 0.05) is 19.5 Å². The van der Waals surface area contributed by atoms with Gasteiger partial charge in [0.1, 0.15) is 0 Å². The van der Waals surface area contributed by atoms with Crippen molar-refractivity contribution in [3.8, 4) is 0 Å². The number of likely N-dealkylation sites (N-methyl/N-ethyl adjacent to an activating group) is 1. The average molecular weight is 242 g/mol. The van der Waals surface area contributed by atoms with Gasteiger partial charge in [-0.1, -0.05) is 0 Å². The summed E-state index contributed by atoms with van der Waals surface area (Å²) in [5.41, 5.74) is 0. The van der Waals surface area contributed by atoms with E-state index >= 15 is 0 Å². The van der Waals surface area contributed by atoms with E-state index in [-0.39, 0.29) is 37.3 Å². The Kier molecular flexibility index (Phi) is 4.93. The molecule has 0 aliphatic carbocycles. The van der Waals surface area contributed by atoms with Crippen LogP contribution in [-0.2, 0) is 19.1 Å². The van der Waals surface area contributed by atoms with Gasteiger partial charge in [-0.25, -0.2) is 0 Å². The fourth-order valence-corrected chi connectivity index (χ4v) is 1.71. The number of nitrogens with zero attached hydrogens (tertiary/aromatic N) is 2. The van der Waals surface area contributed by atoms with Gasteiger partial charge in [-0.3, -0.25) is 14.4 Å². The molecule has 0 spiro atoms. The highest BCUT2D eigenvalue weighted by Crippen LogP contribution is 2.06. The molecule has 0 aromatic heterocycles. The van der Waals surface area contributed by atoms with E-state index in [9.17, 15) is 14.4 Å². The molecule has 1 aliphatic heterocycles. The minimum atomic E-state index is -0.295. The summed E-state index contributed by atoms with van der Waals surface area (Å²) in [6, 6.07) is 0. The second-order valence-corrected chi connectivity index (χ2v) is 3.90. The number of hydrogen-bond acceptors (Lipinski definition) is 4. The van der Waals surface area contributed by atoms with Gasteiger partial charge in [0.15, 0.2) is 0 Å². The number of rotatable bonds is 5. The molecule has 96 valence electrons. The second-order valence-electron chi connectivity index (χ2n) is 3.90. The van der Waals surface area contributed by atoms with Crippen LogP contribution in [0, 0.1) is 0 Å². The predicted octanol–water partition coefficient (Wildman–Crippen LogP) is -0.370. The van der Waals surface area contributed by atoms with Gasteiger partial charge >= 0.3 is 5.97 Å². The molecule has 6 heteroatoms. The van der Waals surface area contributed by atoms with Crippen molar-refractivity contribution in [3.05, 3.63) is 0 Å². The number of carbonyl (C=O) groups excluding carboxylic acids is 3. The maximum atomic E-state index is 11.7. The van der Waals surface area contributed by atoms with Crippen LogP contribution in [0.4, 0.5) is 0 Å². The molecule has 0 aromatic rings. The van der Waals surface area contributed by atoms with E-state index in [0.29, 0.717) is 19.5 Å². The van der Waals surface area contributed by atoms with Crippen LogP contribution in [0.3, 0.4) is 0 Å². The summed E-state index contributed by atoms with van der Waals surface area (Å²) < 4.78 is 4.50. The molecule has 1 rings (SSSR count). The molecule has 0 bridgehead atoms. The summed E-state index contributed by atoms with van der Waals surface area (Å²) in [7, 11) is 1.33. The maximum absolute atomic E-state index is 11.7. The molecule has 0 unspecified atom stereocenters. The maximum Gasteiger partial charge on any atom is 0.305 e. The zero-order valence-electron chi connectivity index (χ0n) is 10.3. The normalized spacial score (nSPS) is 16.4. The number of hydrogen-bond donors (Lipinski definition) is 0. The number of amides is 2. The summed E-state index contributed by atoms with van der Waals surface area (Å²) in [6.45, 7) is 3.09. The number of esters is 1. The Balaban J connectivity index is 2.37. The zero-order chi connectivity index (χ0) is 12.8. The van der Waals surface area contributed by atoms with Gasteiger partial charge < -0.3 is 14.5 Å². The standard InChI is InChI=1S/C11H18N2O4/c1-3-12-7-10(15)13(8-9(12)14)6-4-5-11(16)17-2/h3-8H2,1-2H3. The highest BCUT2D eigenvalue weighted by atomic mass is 16.5. The van der Waals surface area contributed by atoms with Crippen LogP contribution in [0.5, 0.6) is 0 Å². The van der Waals surface area contributed by atoms with Crippen molar-refractivity contribution in [2.24, 2.45) is 0 Å².